The number of hydrogen-bond donors (Lipinski definition) is 3. The Labute approximate surface area is 136 Å². The summed E-state index contributed by atoms with van der Waals surface area (Å²) in [7, 11) is 1.66. The molecule has 0 aliphatic carbocycles. The zero-order valence-corrected chi connectivity index (χ0v) is 14.1. The Morgan fingerprint density at radius 3 is 3.00 bits per heavy atom. The lowest BCUT2D eigenvalue weighted by Gasteiger charge is -2.28. The third-order valence-corrected chi connectivity index (χ3v) is 5.17. The van der Waals surface area contributed by atoms with Crippen LogP contribution in [0.25, 0.3) is 0 Å². The Hall–Kier alpha value is -0.950. The first-order chi connectivity index (χ1) is 10.7. The summed E-state index contributed by atoms with van der Waals surface area (Å²) in [4.78, 5) is 13.6. The molecule has 0 unspecified atom stereocenters. The van der Waals surface area contributed by atoms with Gasteiger partial charge in [-0.2, -0.15) is 0 Å². The number of aliphatic hydroxyl groups is 1. The van der Waals surface area contributed by atoms with E-state index < -0.39 is 0 Å². The highest BCUT2D eigenvalue weighted by Gasteiger charge is 2.33. The van der Waals surface area contributed by atoms with Gasteiger partial charge in [0, 0.05) is 24.4 Å². The van der Waals surface area contributed by atoms with Crippen molar-refractivity contribution in [2.24, 2.45) is 5.92 Å². The van der Waals surface area contributed by atoms with E-state index in [1.165, 1.54) is 0 Å². The maximum Gasteiger partial charge on any atom is 0.225 e. The summed E-state index contributed by atoms with van der Waals surface area (Å²) in [6.07, 6.45) is 2.68. The van der Waals surface area contributed by atoms with Crippen molar-refractivity contribution in [1.29, 1.82) is 0 Å². The Morgan fingerprint density at radius 1 is 1.64 bits per heavy atom. The molecule has 124 valence electrons. The SMILES string of the molecule is CO[C@@H]([C@@H]1CCCN1)[C@@H](C)C(=O)N[C@H](CO)Cc1cccs1. The van der Waals surface area contributed by atoms with Crippen molar-refractivity contribution in [3.8, 4) is 0 Å². The second-order valence-electron chi connectivity index (χ2n) is 5.86. The molecule has 1 aromatic heterocycles. The van der Waals surface area contributed by atoms with E-state index in [1.54, 1.807) is 18.4 Å². The van der Waals surface area contributed by atoms with Crippen molar-refractivity contribution >= 4 is 17.2 Å². The van der Waals surface area contributed by atoms with Crippen LogP contribution in [0.5, 0.6) is 0 Å². The summed E-state index contributed by atoms with van der Waals surface area (Å²) in [5, 5.41) is 17.9. The summed E-state index contributed by atoms with van der Waals surface area (Å²) in [6, 6.07) is 3.98. The molecule has 1 aliphatic heterocycles. The maximum absolute atomic E-state index is 12.5. The second-order valence-corrected chi connectivity index (χ2v) is 6.90. The van der Waals surface area contributed by atoms with E-state index in [9.17, 15) is 9.90 Å². The monoisotopic (exact) mass is 326 g/mol. The lowest BCUT2D eigenvalue weighted by Crippen LogP contribution is -2.49. The molecule has 1 saturated heterocycles. The topological polar surface area (TPSA) is 70.6 Å². The van der Waals surface area contributed by atoms with Crippen molar-refractivity contribution in [3.05, 3.63) is 22.4 Å². The first-order valence-corrected chi connectivity index (χ1v) is 8.73. The van der Waals surface area contributed by atoms with Gasteiger partial charge in [-0.15, -0.1) is 11.3 Å². The summed E-state index contributed by atoms with van der Waals surface area (Å²) < 4.78 is 5.55. The van der Waals surface area contributed by atoms with Crippen molar-refractivity contribution in [2.45, 2.75) is 44.4 Å². The molecule has 1 aromatic rings. The molecule has 1 fully saturated rings. The third kappa shape index (κ3) is 4.52. The molecule has 5 nitrogen and oxygen atoms in total. The highest BCUT2D eigenvalue weighted by molar-refractivity contribution is 7.09. The van der Waals surface area contributed by atoms with Crippen LogP contribution in [0.15, 0.2) is 17.5 Å². The van der Waals surface area contributed by atoms with Crippen molar-refractivity contribution in [1.82, 2.24) is 10.6 Å². The molecule has 0 spiro atoms. The summed E-state index contributed by atoms with van der Waals surface area (Å²) in [6.45, 7) is 2.81. The van der Waals surface area contributed by atoms with E-state index in [4.69, 9.17) is 4.74 Å². The highest BCUT2D eigenvalue weighted by Crippen LogP contribution is 2.19. The normalized spacial score (nSPS) is 22.2. The molecule has 2 heterocycles. The lowest BCUT2D eigenvalue weighted by molar-refractivity contribution is -0.130. The number of rotatable bonds is 8. The van der Waals surface area contributed by atoms with E-state index in [0.717, 1.165) is 24.3 Å². The molecule has 0 saturated carbocycles. The van der Waals surface area contributed by atoms with E-state index >= 15 is 0 Å². The predicted octanol–water partition coefficient (Wildman–Crippen LogP) is 1.17. The van der Waals surface area contributed by atoms with Gasteiger partial charge in [-0.1, -0.05) is 13.0 Å². The van der Waals surface area contributed by atoms with Gasteiger partial charge >= 0.3 is 0 Å². The van der Waals surface area contributed by atoms with Gasteiger partial charge in [0.05, 0.1) is 24.7 Å². The highest BCUT2D eigenvalue weighted by atomic mass is 32.1. The number of amides is 1. The van der Waals surface area contributed by atoms with Gasteiger partial charge < -0.3 is 20.5 Å². The number of ether oxygens (including phenoxy) is 1. The molecule has 6 heteroatoms. The molecular formula is C16H26N2O3S. The number of methoxy groups -OCH3 is 1. The number of nitrogens with one attached hydrogen (secondary N) is 2. The van der Waals surface area contributed by atoms with Crippen LogP contribution in [0.1, 0.15) is 24.6 Å². The molecular weight excluding hydrogens is 300 g/mol. The van der Waals surface area contributed by atoms with Crippen LogP contribution in [-0.2, 0) is 16.0 Å². The minimum Gasteiger partial charge on any atom is -0.394 e. The summed E-state index contributed by atoms with van der Waals surface area (Å²) in [5.41, 5.74) is 0. The van der Waals surface area contributed by atoms with Gasteiger partial charge in [-0.05, 0) is 30.8 Å². The van der Waals surface area contributed by atoms with Crippen molar-refractivity contribution in [2.75, 3.05) is 20.3 Å². The van der Waals surface area contributed by atoms with Gasteiger partial charge in [0.2, 0.25) is 5.91 Å². The van der Waals surface area contributed by atoms with Gasteiger partial charge in [0.25, 0.3) is 0 Å². The van der Waals surface area contributed by atoms with Crippen LogP contribution >= 0.6 is 11.3 Å². The van der Waals surface area contributed by atoms with Crippen LogP contribution in [0.4, 0.5) is 0 Å². The Balaban J connectivity index is 1.90. The number of carbonyl (C=O) groups excluding carboxylic acids is 1. The average molecular weight is 326 g/mol. The van der Waals surface area contributed by atoms with E-state index in [1.807, 2.05) is 24.4 Å². The fourth-order valence-corrected chi connectivity index (χ4v) is 3.81. The molecule has 3 N–H and O–H groups in total. The lowest BCUT2D eigenvalue weighted by atomic mass is 9.95. The molecule has 0 aromatic carbocycles. The quantitative estimate of drug-likeness (QED) is 0.671. The van der Waals surface area contributed by atoms with E-state index in [0.29, 0.717) is 6.42 Å². The molecule has 0 radical (unpaired) electrons. The Kier molecular flexibility index (Phi) is 6.82. The average Bonchev–Trinajstić information content (AvgIpc) is 3.20. The van der Waals surface area contributed by atoms with Crippen LogP contribution in [0, 0.1) is 5.92 Å². The molecule has 1 amide bonds. The molecule has 2 rings (SSSR count). The Bertz CT molecular complexity index is 446. The van der Waals surface area contributed by atoms with E-state index in [2.05, 4.69) is 10.6 Å². The summed E-state index contributed by atoms with van der Waals surface area (Å²) in [5.74, 6) is -0.311. The summed E-state index contributed by atoms with van der Waals surface area (Å²) >= 11 is 1.64. The first-order valence-electron chi connectivity index (χ1n) is 7.85. The van der Waals surface area contributed by atoms with Gasteiger partial charge in [-0.25, -0.2) is 0 Å². The molecule has 22 heavy (non-hydrogen) atoms. The van der Waals surface area contributed by atoms with Gasteiger partial charge in [0.1, 0.15) is 0 Å². The van der Waals surface area contributed by atoms with Crippen LogP contribution in [-0.4, -0.2) is 49.5 Å². The van der Waals surface area contributed by atoms with Crippen molar-refractivity contribution in [3.63, 3.8) is 0 Å². The fraction of sp³-hybridized carbons (Fsp3) is 0.688. The van der Waals surface area contributed by atoms with Crippen LogP contribution < -0.4 is 10.6 Å². The number of hydrogen-bond acceptors (Lipinski definition) is 5. The van der Waals surface area contributed by atoms with Gasteiger partial charge in [-0.3, -0.25) is 4.79 Å². The number of aliphatic hydroxyl groups excluding tert-OH is 1. The van der Waals surface area contributed by atoms with Crippen LogP contribution in [0.2, 0.25) is 0 Å². The molecule has 0 bridgehead atoms. The smallest absolute Gasteiger partial charge is 0.225 e. The zero-order chi connectivity index (χ0) is 15.9. The number of thiophene rings is 1. The largest absolute Gasteiger partial charge is 0.394 e. The van der Waals surface area contributed by atoms with Crippen LogP contribution in [0.3, 0.4) is 0 Å². The molecule has 1 aliphatic rings. The number of carbonyl (C=O) groups is 1. The zero-order valence-electron chi connectivity index (χ0n) is 13.2. The maximum atomic E-state index is 12.5. The minimum absolute atomic E-state index is 0.0591. The predicted molar refractivity (Wildman–Crippen MR) is 88.0 cm³/mol. The Morgan fingerprint density at radius 2 is 2.45 bits per heavy atom. The standard InChI is InChI=1S/C16H26N2O3S/c1-11(15(21-2)14-6-3-7-17-14)16(20)18-12(10-19)9-13-5-4-8-22-13/h4-5,8,11-12,14-15,17,19H,3,6-7,9-10H2,1-2H3,(H,18,20)/t11-,12+,14+,15-/m1/s1. The van der Waals surface area contributed by atoms with Gasteiger partial charge in [0.15, 0.2) is 0 Å². The van der Waals surface area contributed by atoms with Crippen molar-refractivity contribution < 1.29 is 14.6 Å². The second kappa shape index (κ2) is 8.62. The third-order valence-electron chi connectivity index (χ3n) is 4.27. The van der Waals surface area contributed by atoms with E-state index in [-0.39, 0.29) is 36.6 Å². The fourth-order valence-electron chi connectivity index (χ4n) is 3.02. The molecule has 4 atom stereocenters. The minimum atomic E-state index is -0.252. The first kappa shape index (κ1) is 17.4.